The largest absolute Gasteiger partial charge is 0.368 e. The van der Waals surface area contributed by atoms with E-state index in [0.717, 1.165) is 36.0 Å². The summed E-state index contributed by atoms with van der Waals surface area (Å²) < 4.78 is 25.6. The number of fused-ring (bicyclic) bond motifs is 1. The molecule has 0 aliphatic carbocycles. The number of hydrogen-bond donors (Lipinski definition) is 1. The van der Waals surface area contributed by atoms with Crippen LogP contribution in [0.3, 0.4) is 0 Å². The van der Waals surface area contributed by atoms with E-state index >= 15 is 0 Å². The van der Waals surface area contributed by atoms with Gasteiger partial charge in [0.1, 0.15) is 21.5 Å². The number of halogens is 1. The highest BCUT2D eigenvalue weighted by Crippen LogP contribution is 2.39. The number of likely N-dealkylation sites (N-methyl/N-ethyl adjacent to an activating group) is 1. The fourth-order valence-corrected chi connectivity index (χ4v) is 7.39. The minimum atomic E-state index is -3.02. The van der Waals surface area contributed by atoms with Crippen molar-refractivity contribution in [1.29, 1.82) is 0 Å². The molecule has 0 bridgehead atoms. The minimum absolute atomic E-state index is 0.126. The lowest BCUT2D eigenvalue weighted by atomic mass is 9.88. The van der Waals surface area contributed by atoms with Crippen molar-refractivity contribution >= 4 is 49.5 Å². The number of nitrogens with one attached hydrogen (secondary N) is 1. The van der Waals surface area contributed by atoms with Crippen molar-refractivity contribution in [2.75, 3.05) is 42.4 Å². The molecule has 10 nitrogen and oxygen atoms in total. The molecule has 0 unspecified atom stereocenters. The molecular weight excluding hydrogens is 572 g/mol. The molecule has 2 aliphatic heterocycles. The van der Waals surface area contributed by atoms with Crippen molar-refractivity contribution in [2.24, 2.45) is 5.92 Å². The lowest BCUT2D eigenvalue weighted by Crippen LogP contribution is -2.57. The summed E-state index contributed by atoms with van der Waals surface area (Å²) in [6.07, 6.45) is 7.98. The number of nitrogens with zero attached hydrogens (tertiary/aromatic N) is 7. The van der Waals surface area contributed by atoms with Crippen LogP contribution >= 0.6 is 11.6 Å². The van der Waals surface area contributed by atoms with Crippen LogP contribution in [0.5, 0.6) is 0 Å². The fourth-order valence-electron chi connectivity index (χ4n) is 6.00. The quantitative estimate of drug-likeness (QED) is 0.281. The molecule has 6 rings (SSSR count). The Balaban J connectivity index is 1.26. The summed E-state index contributed by atoms with van der Waals surface area (Å²) in [7, 11) is -0.900. The van der Waals surface area contributed by atoms with Crippen molar-refractivity contribution in [1.82, 2.24) is 29.6 Å². The van der Waals surface area contributed by atoms with Gasteiger partial charge in [-0.15, -0.1) is 0 Å². The van der Waals surface area contributed by atoms with Crippen molar-refractivity contribution in [3.8, 4) is 11.4 Å². The van der Waals surface area contributed by atoms with Crippen LogP contribution in [-0.2, 0) is 16.4 Å². The molecule has 4 aromatic rings. The Morgan fingerprint density at radius 3 is 2.62 bits per heavy atom. The van der Waals surface area contributed by atoms with Crippen LogP contribution in [0, 0.1) is 5.92 Å². The number of benzene rings is 1. The van der Waals surface area contributed by atoms with E-state index in [9.17, 15) is 8.42 Å². The van der Waals surface area contributed by atoms with Gasteiger partial charge in [-0.3, -0.25) is 4.68 Å². The molecule has 2 aliphatic rings. The fraction of sp³-hybridized carbons (Fsp3) is 0.467. The second kappa shape index (κ2) is 11.1. The molecule has 0 radical (unpaired) electrons. The Kier molecular flexibility index (Phi) is 7.61. The molecule has 1 N–H and O–H groups in total. The number of pyridine rings is 1. The average Bonchev–Trinajstić information content (AvgIpc) is 3.32. The van der Waals surface area contributed by atoms with Crippen molar-refractivity contribution in [3.63, 3.8) is 0 Å². The summed E-state index contributed by atoms with van der Waals surface area (Å²) in [6.45, 7) is 9.06. The summed E-state index contributed by atoms with van der Waals surface area (Å²) >= 11 is 6.50. The van der Waals surface area contributed by atoms with Crippen LogP contribution in [0.25, 0.3) is 22.2 Å². The standard InChI is InChI=1S/C30H37ClN8O2S/c1-18(2)22-6-7-26(39-14-20(19(39)3)17-42(5,40)41)24-13-33-28(12-23(22)24)34-27-8-10-32-30(35-27)25-16-38(36-29(25)31)15-21-9-11-37(21)4/h6-8,10,12-13,16,18-21H,9,11,14-15,17H2,1-5H3,(H,32,33,34,35)/t19-,20-,21-/m1/s1. The molecule has 0 amide bonds. The summed E-state index contributed by atoms with van der Waals surface area (Å²) in [5.74, 6) is 2.43. The normalized spacial score (nSPS) is 21.0. The Morgan fingerprint density at radius 2 is 1.95 bits per heavy atom. The Morgan fingerprint density at radius 1 is 1.14 bits per heavy atom. The van der Waals surface area contributed by atoms with Gasteiger partial charge < -0.3 is 15.1 Å². The van der Waals surface area contributed by atoms with E-state index in [2.05, 4.69) is 71.2 Å². The van der Waals surface area contributed by atoms with Crippen LogP contribution in [0.15, 0.2) is 42.9 Å². The highest BCUT2D eigenvalue weighted by atomic mass is 35.5. The van der Waals surface area contributed by atoms with Crippen molar-refractivity contribution in [2.45, 2.75) is 51.7 Å². The Hall–Kier alpha value is -3.28. The number of anilines is 3. The third-order valence-electron chi connectivity index (χ3n) is 8.67. The van der Waals surface area contributed by atoms with Gasteiger partial charge in [-0.25, -0.2) is 23.4 Å². The SMILES string of the molecule is CC(C)c1ccc(N2C[C@H](CS(C)(=O)=O)[C@H]2C)c2cnc(Nc3ccnc(-c4cn(C[C@H]5CCN5C)nc4Cl)n3)cc12. The molecule has 42 heavy (non-hydrogen) atoms. The molecule has 2 fully saturated rings. The Labute approximate surface area is 252 Å². The molecule has 0 spiro atoms. The van der Waals surface area contributed by atoms with Gasteiger partial charge in [-0.05, 0) is 62.0 Å². The van der Waals surface area contributed by atoms with Crippen LogP contribution in [0.4, 0.5) is 17.3 Å². The molecule has 3 aromatic heterocycles. The third kappa shape index (κ3) is 5.69. The molecule has 222 valence electrons. The zero-order valence-electron chi connectivity index (χ0n) is 24.6. The van der Waals surface area contributed by atoms with Gasteiger partial charge in [0.2, 0.25) is 0 Å². The highest BCUT2D eigenvalue weighted by Gasteiger charge is 2.38. The number of aromatic nitrogens is 5. The van der Waals surface area contributed by atoms with Gasteiger partial charge in [0.25, 0.3) is 0 Å². The summed E-state index contributed by atoms with van der Waals surface area (Å²) in [6, 6.07) is 8.79. The topological polar surface area (TPSA) is 109 Å². The number of sulfone groups is 1. The van der Waals surface area contributed by atoms with E-state index in [1.807, 2.05) is 17.1 Å². The first-order chi connectivity index (χ1) is 20.0. The van der Waals surface area contributed by atoms with Gasteiger partial charge in [0.05, 0.1) is 17.9 Å². The molecule has 5 heterocycles. The van der Waals surface area contributed by atoms with Crippen molar-refractivity contribution in [3.05, 3.63) is 53.6 Å². The molecule has 1 aromatic carbocycles. The van der Waals surface area contributed by atoms with E-state index in [4.69, 9.17) is 21.6 Å². The number of likely N-dealkylation sites (tertiary alicyclic amines) is 1. The Bertz CT molecular complexity index is 1740. The smallest absolute Gasteiger partial charge is 0.166 e. The molecular formula is C30H37ClN8O2S. The molecule has 2 saturated heterocycles. The van der Waals surface area contributed by atoms with E-state index < -0.39 is 9.84 Å². The third-order valence-corrected chi connectivity index (χ3v) is 9.98. The van der Waals surface area contributed by atoms with Gasteiger partial charge in [-0.2, -0.15) is 5.10 Å². The summed E-state index contributed by atoms with van der Waals surface area (Å²) in [5, 5.41) is 10.4. The second-order valence-electron chi connectivity index (χ2n) is 12.1. The van der Waals surface area contributed by atoms with Crippen molar-refractivity contribution < 1.29 is 8.42 Å². The number of hydrogen-bond acceptors (Lipinski definition) is 9. The molecule has 3 atom stereocenters. The monoisotopic (exact) mass is 608 g/mol. The maximum absolute atomic E-state index is 11.9. The number of rotatable bonds is 9. The minimum Gasteiger partial charge on any atom is -0.368 e. The van der Waals surface area contributed by atoms with Gasteiger partial charge in [0, 0.05) is 60.5 Å². The lowest BCUT2D eigenvalue weighted by Gasteiger charge is -2.48. The maximum Gasteiger partial charge on any atom is 0.166 e. The van der Waals surface area contributed by atoms with E-state index in [1.54, 1.807) is 12.3 Å². The summed E-state index contributed by atoms with van der Waals surface area (Å²) in [4.78, 5) is 18.5. The molecule has 0 saturated carbocycles. The first-order valence-corrected chi connectivity index (χ1v) is 16.8. The van der Waals surface area contributed by atoms with Crippen LogP contribution in [0.2, 0.25) is 5.15 Å². The lowest BCUT2D eigenvalue weighted by molar-refractivity contribution is 0.107. The van der Waals surface area contributed by atoms with Gasteiger partial charge in [0.15, 0.2) is 11.0 Å². The highest BCUT2D eigenvalue weighted by molar-refractivity contribution is 7.90. The molecule has 12 heteroatoms. The van der Waals surface area contributed by atoms with E-state index in [0.29, 0.717) is 46.7 Å². The van der Waals surface area contributed by atoms with Gasteiger partial charge >= 0.3 is 0 Å². The predicted octanol–water partition coefficient (Wildman–Crippen LogP) is 4.98. The van der Waals surface area contributed by atoms with Crippen LogP contribution in [0.1, 0.15) is 38.7 Å². The first-order valence-electron chi connectivity index (χ1n) is 14.4. The summed E-state index contributed by atoms with van der Waals surface area (Å²) in [5.41, 5.74) is 2.99. The zero-order valence-corrected chi connectivity index (χ0v) is 26.2. The van der Waals surface area contributed by atoms with Crippen LogP contribution in [-0.4, -0.2) is 82.3 Å². The van der Waals surface area contributed by atoms with E-state index in [1.165, 1.54) is 11.8 Å². The average molecular weight is 609 g/mol. The first kappa shape index (κ1) is 28.8. The van der Waals surface area contributed by atoms with Gasteiger partial charge in [-0.1, -0.05) is 31.5 Å². The van der Waals surface area contributed by atoms with Crippen LogP contribution < -0.4 is 10.2 Å². The maximum atomic E-state index is 11.9. The predicted molar refractivity (Wildman–Crippen MR) is 168 cm³/mol. The van der Waals surface area contributed by atoms with E-state index in [-0.39, 0.29) is 17.7 Å². The second-order valence-corrected chi connectivity index (χ2v) is 14.6. The zero-order chi connectivity index (χ0) is 29.8.